The van der Waals surface area contributed by atoms with Gasteiger partial charge in [0.15, 0.2) is 0 Å². The van der Waals surface area contributed by atoms with E-state index in [0.29, 0.717) is 15.6 Å². The predicted molar refractivity (Wildman–Crippen MR) is 99.2 cm³/mol. The molecule has 0 saturated carbocycles. The monoisotopic (exact) mass is 400 g/mol. The van der Waals surface area contributed by atoms with Gasteiger partial charge in [0, 0.05) is 17.1 Å². The molecule has 0 bridgehead atoms. The SMILES string of the molecule is CC(c1ccc(S(N)(=O)=O)cc1)N(C)C(=O)Cc1ccc(Cl)cc1Cl. The lowest BCUT2D eigenvalue weighted by molar-refractivity contribution is -0.131. The number of amides is 1. The summed E-state index contributed by atoms with van der Waals surface area (Å²) in [5.74, 6) is -0.118. The summed E-state index contributed by atoms with van der Waals surface area (Å²) < 4.78 is 22.6. The number of nitrogens with zero attached hydrogens (tertiary/aromatic N) is 1. The molecule has 25 heavy (non-hydrogen) atoms. The van der Waals surface area contributed by atoms with Gasteiger partial charge in [-0.25, -0.2) is 13.6 Å². The van der Waals surface area contributed by atoms with E-state index in [4.69, 9.17) is 28.3 Å². The van der Waals surface area contributed by atoms with Gasteiger partial charge in [-0.15, -0.1) is 0 Å². The van der Waals surface area contributed by atoms with Crippen molar-refractivity contribution in [2.45, 2.75) is 24.3 Å². The fourth-order valence-corrected chi connectivity index (χ4v) is 3.32. The van der Waals surface area contributed by atoms with Gasteiger partial charge in [-0.3, -0.25) is 4.79 Å². The summed E-state index contributed by atoms with van der Waals surface area (Å²) in [6.07, 6.45) is 0.145. The molecule has 0 saturated heterocycles. The summed E-state index contributed by atoms with van der Waals surface area (Å²) in [5, 5.41) is 6.04. The summed E-state index contributed by atoms with van der Waals surface area (Å²) in [6, 6.07) is 10.9. The Bertz CT molecular complexity index is 883. The average molecular weight is 401 g/mol. The van der Waals surface area contributed by atoms with E-state index in [9.17, 15) is 13.2 Å². The Morgan fingerprint density at radius 2 is 1.76 bits per heavy atom. The first kappa shape index (κ1) is 19.7. The van der Waals surface area contributed by atoms with Crippen LogP contribution in [0.5, 0.6) is 0 Å². The normalized spacial score (nSPS) is 12.7. The first-order chi connectivity index (χ1) is 11.6. The van der Waals surface area contributed by atoms with Crippen molar-refractivity contribution in [2.75, 3.05) is 7.05 Å². The zero-order chi connectivity index (χ0) is 18.8. The van der Waals surface area contributed by atoms with Crippen molar-refractivity contribution in [1.82, 2.24) is 4.90 Å². The fourth-order valence-electron chi connectivity index (χ4n) is 2.33. The largest absolute Gasteiger partial charge is 0.339 e. The molecule has 2 rings (SSSR count). The highest BCUT2D eigenvalue weighted by molar-refractivity contribution is 7.89. The molecule has 1 unspecified atom stereocenters. The Morgan fingerprint density at radius 3 is 2.28 bits per heavy atom. The molecule has 5 nitrogen and oxygen atoms in total. The molecule has 134 valence electrons. The average Bonchev–Trinajstić information content (AvgIpc) is 2.55. The Labute approximate surface area is 157 Å². The van der Waals surface area contributed by atoms with Crippen LogP contribution < -0.4 is 5.14 Å². The van der Waals surface area contributed by atoms with Gasteiger partial charge in [-0.05, 0) is 42.3 Å². The second-order valence-electron chi connectivity index (χ2n) is 5.71. The zero-order valence-electron chi connectivity index (χ0n) is 13.7. The molecule has 0 radical (unpaired) electrons. The second kappa shape index (κ2) is 7.74. The number of nitrogens with two attached hydrogens (primary N) is 1. The van der Waals surface area contributed by atoms with Crippen LogP contribution in [0.1, 0.15) is 24.1 Å². The van der Waals surface area contributed by atoms with Crippen molar-refractivity contribution in [2.24, 2.45) is 5.14 Å². The molecule has 2 aromatic carbocycles. The Morgan fingerprint density at radius 1 is 1.16 bits per heavy atom. The third kappa shape index (κ3) is 4.95. The van der Waals surface area contributed by atoms with Gasteiger partial charge in [-0.1, -0.05) is 41.4 Å². The summed E-state index contributed by atoms with van der Waals surface area (Å²) in [6.45, 7) is 1.85. The predicted octanol–water partition coefficient (Wildman–Crippen LogP) is 3.40. The van der Waals surface area contributed by atoms with E-state index in [1.165, 1.54) is 12.1 Å². The van der Waals surface area contributed by atoms with E-state index in [0.717, 1.165) is 5.56 Å². The van der Waals surface area contributed by atoms with Gasteiger partial charge >= 0.3 is 0 Å². The van der Waals surface area contributed by atoms with E-state index in [-0.39, 0.29) is 23.3 Å². The quantitative estimate of drug-likeness (QED) is 0.834. The van der Waals surface area contributed by atoms with Gasteiger partial charge in [0.2, 0.25) is 15.9 Å². The maximum atomic E-state index is 12.5. The summed E-state index contributed by atoms with van der Waals surface area (Å²) in [7, 11) is -2.05. The lowest BCUT2D eigenvalue weighted by atomic mass is 10.1. The lowest BCUT2D eigenvalue weighted by Gasteiger charge is -2.26. The lowest BCUT2D eigenvalue weighted by Crippen LogP contribution is -2.31. The molecule has 2 N–H and O–H groups in total. The number of carbonyl (C=O) groups is 1. The molecule has 0 aliphatic rings. The number of benzene rings is 2. The smallest absolute Gasteiger partial charge is 0.238 e. The first-order valence-electron chi connectivity index (χ1n) is 7.42. The van der Waals surface area contributed by atoms with Crippen molar-refractivity contribution in [3.63, 3.8) is 0 Å². The van der Waals surface area contributed by atoms with Gasteiger partial charge in [0.05, 0.1) is 17.4 Å². The molecule has 0 fully saturated rings. The minimum absolute atomic E-state index is 0.0328. The Kier molecular flexibility index (Phi) is 6.11. The Hall–Kier alpha value is -1.60. The highest BCUT2D eigenvalue weighted by atomic mass is 35.5. The van der Waals surface area contributed by atoms with E-state index in [1.54, 1.807) is 42.3 Å². The molecule has 1 amide bonds. The standard InChI is InChI=1S/C17H18Cl2N2O3S/c1-11(12-4-7-15(8-5-12)25(20,23)24)21(2)17(22)9-13-3-6-14(18)10-16(13)19/h3-8,10-11H,9H2,1-2H3,(H2,20,23,24). The number of carbonyl (C=O) groups excluding carboxylic acids is 1. The van der Waals surface area contributed by atoms with Crippen molar-refractivity contribution in [1.29, 1.82) is 0 Å². The van der Waals surface area contributed by atoms with Crippen LogP contribution in [-0.2, 0) is 21.2 Å². The number of likely N-dealkylation sites (N-methyl/N-ethyl adjacent to an activating group) is 1. The number of sulfonamides is 1. The molecular formula is C17H18Cl2N2O3S. The van der Waals surface area contributed by atoms with Crippen LogP contribution in [0.15, 0.2) is 47.4 Å². The minimum Gasteiger partial charge on any atom is -0.339 e. The third-order valence-electron chi connectivity index (χ3n) is 4.02. The van der Waals surface area contributed by atoms with E-state index in [2.05, 4.69) is 0 Å². The summed E-state index contributed by atoms with van der Waals surface area (Å²) >= 11 is 12.0. The van der Waals surface area contributed by atoms with Crippen LogP contribution in [0.25, 0.3) is 0 Å². The van der Waals surface area contributed by atoms with Gasteiger partial charge in [-0.2, -0.15) is 0 Å². The van der Waals surface area contributed by atoms with Crippen LogP contribution in [-0.4, -0.2) is 26.3 Å². The van der Waals surface area contributed by atoms with Crippen LogP contribution in [0.3, 0.4) is 0 Å². The van der Waals surface area contributed by atoms with Gasteiger partial charge < -0.3 is 4.90 Å². The van der Waals surface area contributed by atoms with Crippen LogP contribution >= 0.6 is 23.2 Å². The first-order valence-corrected chi connectivity index (χ1v) is 9.72. The van der Waals surface area contributed by atoms with Crippen molar-refractivity contribution < 1.29 is 13.2 Å². The molecule has 1 atom stereocenters. The molecule has 0 aliphatic carbocycles. The maximum Gasteiger partial charge on any atom is 0.238 e. The molecule has 0 aromatic heterocycles. The van der Waals surface area contributed by atoms with Crippen LogP contribution in [0, 0.1) is 0 Å². The second-order valence-corrected chi connectivity index (χ2v) is 8.11. The van der Waals surface area contributed by atoms with Crippen LogP contribution in [0.4, 0.5) is 0 Å². The van der Waals surface area contributed by atoms with E-state index >= 15 is 0 Å². The van der Waals surface area contributed by atoms with Crippen molar-refractivity contribution in [3.05, 3.63) is 63.6 Å². The number of hydrogen-bond acceptors (Lipinski definition) is 3. The van der Waals surface area contributed by atoms with E-state index in [1.807, 2.05) is 6.92 Å². The summed E-state index contributed by atoms with van der Waals surface area (Å²) in [5.41, 5.74) is 1.49. The molecule has 0 spiro atoms. The highest BCUT2D eigenvalue weighted by Gasteiger charge is 2.19. The third-order valence-corrected chi connectivity index (χ3v) is 5.54. The molecule has 0 aliphatic heterocycles. The molecule has 8 heteroatoms. The van der Waals surface area contributed by atoms with E-state index < -0.39 is 10.0 Å². The number of primary sulfonamides is 1. The number of hydrogen-bond donors (Lipinski definition) is 1. The summed E-state index contributed by atoms with van der Waals surface area (Å²) in [4.78, 5) is 14.1. The zero-order valence-corrected chi connectivity index (χ0v) is 16.1. The minimum atomic E-state index is -3.74. The highest BCUT2D eigenvalue weighted by Crippen LogP contribution is 2.24. The molecule has 2 aromatic rings. The topological polar surface area (TPSA) is 80.5 Å². The van der Waals surface area contributed by atoms with Crippen molar-refractivity contribution in [3.8, 4) is 0 Å². The molecule has 0 heterocycles. The van der Waals surface area contributed by atoms with Gasteiger partial charge in [0.1, 0.15) is 0 Å². The maximum absolute atomic E-state index is 12.5. The number of rotatable bonds is 5. The molecular weight excluding hydrogens is 383 g/mol. The fraction of sp³-hybridized carbons (Fsp3) is 0.235. The Balaban J connectivity index is 2.13. The number of halogens is 2. The van der Waals surface area contributed by atoms with Crippen molar-refractivity contribution >= 4 is 39.1 Å². The van der Waals surface area contributed by atoms with Gasteiger partial charge in [0.25, 0.3) is 0 Å². The van der Waals surface area contributed by atoms with Crippen LogP contribution in [0.2, 0.25) is 10.0 Å².